The van der Waals surface area contributed by atoms with Crippen molar-refractivity contribution in [2.75, 3.05) is 18.8 Å². The molecular weight excluding hydrogens is 254 g/mol. The van der Waals surface area contributed by atoms with Crippen molar-refractivity contribution in [3.63, 3.8) is 0 Å². The SMILES string of the molecule is CCC1(C)CCN(Cc2ccc([N+](=O)[O-])c(N)c2)CC1. The molecule has 0 amide bonds. The van der Waals surface area contributed by atoms with E-state index < -0.39 is 4.92 Å². The molecule has 0 atom stereocenters. The minimum Gasteiger partial charge on any atom is -0.393 e. The highest BCUT2D eigenvalue weighted by molar-refractivity contribution is 5.59. The van der Waals surface area contributed by atoms with Crippen molar-refractivity contribution in [1.29, 1.82) is 0 Å². The molecule has 0 radical (unpaired) electrons. The van der Waals surface area contributed by atoms with E-state index in [1.165, 1.54) is 25.3 Å². The fraction of sp³-hybridized carbons (Fsp3) is 0.600. The summed E-state index contributed by atoms with van der Waals surface area (Å²) in [6.07, 6.45) is 3.66. The summed E-state index contributed by atoms with van der Waals surface area (Å²) in [6, 6.07) is 5.04. The monoisotopic (exact) mass is 277 g/mol. The van der Waals surface area contributed by atoms with Crippen molar-refractivity contribution in [1.82, 2.24) is 4.90 Å². The van der Waals surface area contributed by atoms with Gasteiger partial charge in [0, 0.05) is 12.6 Å². The summed E-state index contributed by atoms with van der Waals surface area (Å²) in [5.41, 5.74) is 7.50. The third-order valence-electron chi connectivity index (χ3n) is 4.61. The Morgan fingerprint density at radius 1 is 1.40 bits per heavy atom. The lowest BCUT2D eigenvalue weighted by atomic mass is 9.78. The Balaban J connectivity index is 1.98. The maximum Gasteiger partial charge on any atom is 0.292 e. The van der Waals surface area contributed by atoms with E-state index in [9.17, 15) is 10.1 Å². The highest BCUT2D eigenvalue weighted by Gasteiger charge is 2.28. The fourth-order valence-electron chi connectivity index (χ4n) is 2.73. The molecule has 110 valence electrons. The minimum absolute atomic E-state index is 0.00838. The normalized spacial score (nSPS) is 18.9. The molecule has 0 saturated carbocycles. The first-order chi connectivity index (χ1) is 9.43. The predicted molar refractivity (Wildman–Crippen MR) is 80.4 cm³/mol. The number of piperidine rings is 1. The Kier molecular flexibility index (Phi) is 4.28. The summed E-state index contributed by atoms with van der Waals surface area (Å²) in [5, 5.41) is 10.7. The Morgan fingerprint density at radius 2 is 2.05 bits per heavy atom. The molecule has 1 fully saturated rings. The number of nitrogen functional groups attached to an aromatic ring is 1. The van der Waals surface area contributed by atoms with Gasteiger partial charge in [0.1, 0.15) is 5.69 Å². The number of nitrogens with zero attached hydrogens (tertiary/aromatic N) is 2. The zero-order valence-corrected chi connectivity index (χ0v) is 12.3. The molecule has 1 aliphatic rings. The van der Waals surface area contributed by atoms with Crippen LogP contribution in [0.25, 0.3) is 0 Å². The van der Waals surface area contributed by atoms with Crippen LogP contribution < -0.4 is 5.73 Å². The van der Waals surface area contributed by atoms with Crippen molar-refractivity contribution in [3.8, 4) is 0 Å². The molecule has 0 bridgehead atoms. The zero-order chi connectivity index (χ0) is 14.8. The van der Waals surface area contributed by atoms with Crippen LogP contribution in [0.3, 0.4) is 0 Å². The molecule has 0 spiro atoms. The van der Waals surface area contributed by atoms with Crippen LogP contribution in [0.2, 0.25) is 0 Å². The largest absolute Gasteiger partial charge is 0.393 e. The van der Waals surface area contributed by atoms with Gasteiger partial charge >= 0.3 is 0 Å². The van der Waals surface area contributed by atoms with Gasteiger partial charge in [-0.2, -0.15) is 0 Å². The first-order valence-electron chi connectivity index (χ1n) is 7.19. The smallest absolute Gasteiger partial charge is 0.292 e. The van der Waals surface area contributed by atoms with Crippen molar-refractivity contribution >= 4 is 11.4 Å². The van der Waals surface area contributed by atoms with Gasteiger partial charge in [0.25, 0.3) is 5.69 Å². The second kappa shape index (κ2) is 5.79. The van der Waals surface area contributed by atoms with E-state index in [2.05, 4.69) is 18.7 Å². The number of rotatable bonds is 4. The summed E-state index contributed by atoms with van der Waals surface area (Å²) in [6.45, 7) is 7.60. The summed E-state index contributed by atoms with van der Waals surface area (Å²) in [7, 11) is 0. The van der Waals surface area contributed by atoms with E-state index in [4.69, 9.17) is 5.73 Å². The van der Waals surface area contributed by atoms with Gasteiger partial charge in [-0.05, 0) is 43.0 Å². The first-order valence-corrected chi connectivity index (χ1v) is 7.19. The van der Waals surface area contributed by atoms with Crippen LogP contribution in [0, 0.1) is 15.5 Å². The van der Waals surface area contributed by atoms with E-state index >= 15 is 0 Å². The van der Waals surface area contributed by atoms with Gasteiger partial charge in [-0.25, -0.2) is 0 Å². The van der Waals surface area contributed by atoms with E-state index in [1.54, 1.807) is 6.07 Å². The summed E-state index contributed by atoms with van der Waals surface area (Å²) in [5.74, 6) is 0. The van der Waals surface area contributed by atoms with Crippen molar-refractivity contribution in [3.05, 3.63) is 33.9 Å². The summed E-state index contributed by atoms with van der Waals surface area (Å²) >= 11 is 0. The maximum atomic E-state index is 10.7. The molecule has 1 aromatic carbocycles. The number of nitrogens with two attached hydrogens (primary N) is 1. The molecule has 0 aromatic heterocycles. The van der Waals surface area contributed by atoms with Crippen molar-refractivity contribution in [2.45, 2.75) is 39.7 Å². The van der Waals surface area contributed by atoms with Crippen LogP contribution in [-0.4, -0.2) is 22.9 Å². The van der Waals surface area contributed by atoms with Crippen LogP contribution in [0.15, 0.2) is 18.2 Å². The number of anilines is 1. The lowest BCUT2D eigenvalue weighted by Gasteiger charge is -2.39. The fourth-order valence-corrected chi connectivity index (χ4v) is 2.73. The quantitative estimate of drug-likeness (QED) is 0.521. The molecule has 1 heterocycles. The van der Waals surface area contributed by atoms with E-state index in [0.717, 1.165) is 25.2 Å². The molecule has 2 rings (SSSR count). The standard InChI is InChI=1S/C15H23N3O2/c1-3-15(2)6-8-17(9-7-15)11-12-4-5-14(18(19)20)13(16)10-12/h4-5,10H,3,6-9,11,16H2,1-2H3. The number of likely N-dealkylation sites (tertiary alicyclic amines) is 1. The Morgan fingerprint density at radius 3 is 2.55 bits per heavy atom. The van der Waals surface area contributed by atoms with Crippen molar-refractivity contribution in [2.24, 2.45) is 5.41 Å². The molecule has 2 N–H and O–H groups in total. The average molecular weight is 277 g/mol. The van der Waals surface area contributed by atoms with Gasteiger partial charge in [-0.3, -0.25) is 15.0 Å². The zero-order valence-electron chi connectivity index (χ0n) is 12.3. The Labute approximate surface area is 119 Å². The Bertz CT molecular complexity index is 494. The Hall–Kier alpha value is -1.62. The predicted octanol–water partition coefficient (Wildman–Crippen LogP) is 3.19. The molecule has 1 saturated heterocycles. The second-order valence-electron chi connectivity index (χ2n) is 6.09. The summed E-state index contributed by atoms with van der Waals surface area (Å²) < 4.78 is 0. The van der Waals surface area contributed by atoms with E-state index in [0.29, 0.717) is 5.41 Å². The molecule has 5 nitrogen and oxygen atoms in total. The highest BCUT2D eigenvalue weighted by atomic mass is 16.6. The van der Waals surface area contributed by atoms with Crippen LogP contribution in [-0.2, 0) is 6.54 Å². The third kappa shape index (κ3) is 3.28. The molecule has 1 aromatic rings. The molecular formula is C15H23N3O2. The number of nitro groups is 1. The minimum atomic E-state index is -0.438. The van der Waals surface area contributed by atoms with Gasteiger partial charge < -0.3 is 5.73 Å². The molecule has 0 aliphatic carbocycles. The number of benzene rings is 1. The van der Waals surface area contributed by atoms with Crippen LogP contribution in [0.4, 0.5) is 11.4 Å². The van der Waals surface area contributed by atoms with Gasteiger partial charge in [-0.15, -0.1) is 0 Å². The molecule has 0 unspecified atom stereocenters. The molecule has 1 aliphatic heterocycles. The van der Waals surface area contributed by atoms with Crippen LogP contribution in [0.1, 0.15) is 38.7 Å². The lowest BCUT2D eigenvalue weighted by Crippen LogP contribution is -2.37. The number of nitro benzene ring substituents is 1. The molecule has 20 heavy (non-hydrogen) atoms. The van der Waals surface area contributed by atoms with E-state index in [-0.39, 0.29) is 11.4 Å². The van der Waals surface area contributed by atoms with Crippen LogP contribution >= 0.6 is 0 Å². The number of hydrogen-bond donors (Lipinski definition) is 1. The van der Waals surface area contributed by atoms with Gasteiger partial charge in [0.05, 0.1) is 4.92 Å². The van der Waals surface area contributed by atoms with Gasteiger partial charge in [0.2, 0.25) is 0 Å². The average Bonchev–Trinajstić information content (AvgIpc) is 2.41. The van der Waals surface area contributed by atoms with Crippen LogP contribution in [0.5, 0.6) is 0 Å². The summed E-state index contributed by atoms with van der Waals surface area (Å²) in [4.78, 5) is 12.7. The van der Waals surface area contributed by atoms with E-state index in [1.807, 2.05) is 6.07 Å². The number of hydrogen-bond acceptors (Lipinski definition) is 4. The topological polar surface area (TPSA) is 72.4 Å². The second-order valence-corrected chi connectivity index (χ2v) is 6.09. The third-order valence-corrected chi connectivity index (χ3v) is 4.61. The first kappa shape index (κ1) is 14.8. The molecule has 5 heteroatoms. The maximum absolute atomic E-state index is 10.7. The lowest BCUT2D eigenvalue weighted by molar-refractivity contribution is -0.383. The highest BCUT2D eigenvalue weighted by Crippen LogP contribution is 2.34. The van der Waals surface area contributed by atoms with Crippen molar-refractivity contribution < 1.29 is 4.92 Å². The van der Waals surface area contributed by atoms with Gasteiger partial charge in [0.15, 0.2) is 0 Å². The van der Waals surface area contributed by atoms with Gasteiger partial charge in [-0.1, -0.05) is 26.3 Å².